The smallest absolute Gasteiger partial charge is 0.254 e. The first-order chi connectivity index (χ1) is 12.2. The molecule has 0 heterocycles. The monoisotopic (exact) mass is 362 g/mol. The summed E-state index contributed by atoms with van der Waals surface area (Å²) < 4.78 is 5.72. The van der Waals surface area contributed by atoms with Gasteiger partial charge in [0.2, 0.25) is 0 Å². The second kappa shape index (κ2) is 10.3. The lowest BCUT2D eigenvalue weighted by atomic mass is 10.2. The Balaban J connectivity index is 1.79. The van der Waals surface area contributed by atoms with Crippen molar-refractivity contribution in [3.8, 4) is 5.75 Å². The van der Waals surface area contributed by atoms with Crippen LogP contribution in [0, 0.1) is 0 Å². The number of hydrogen-bond acceptors (Lipinski definition) is 5. The van der Waals surface area contributed by atoms with Gasteiger partial charge in [-0.1, -0.05) is 35.0 Å². The minimum Gasteiger partial charge on any atom is -0.493 e. The Hall–Kier alpha value is -2.57. The molecule has 0 atom stereocenters. The molecule has 0 aliphatic heterocycles. The van der Waals surface area contributed by atoms with Gasteiger partial charge in [-0.2, -0.15) is 4.89 Å². The van der Waals surface area contributed by atoms with Crippen molar-refractivity contribution in [1.29, 1.82) is 0 Å². The van der Waals surface area contributed by atoms with E-state index in [1.165, 1.54) is 6.21 Å². The van der Waals surface area contributed by atoms with Crippen molar-refractivity contribution in [2.45, 2.75) is 13.3 Å². The number of halogens is 1. The van der Waals surface area contributed by atoms with Gasteiger partial charge in [-0.15, -0.1) is 0 Å². The zero-order chi connectivity index (χ0) is 17.9. The quantitative estimate of drug-likeness (QED) is 0.318. The van der Waals surface area contributed by atoms with Crippen LogP contribution in [-0.2, 0) is 21.1 Å². The number of carbonyl (C=O) groups excluding carboxylic acids is 1. The Kier molecular flexibility index (Phi) is 7.75. The van der Waals surface area contributed by atoms with Crippen molar-refractivity contribution < 1.29 is 19.4 Å². The number of rotatable bonds is 9. The molecule has 2 aromatic carbocycles. The van der Waals surface area contributed by atoms with Crippen LogP contribution in [0.2, 0.25) is 5.02 Å². The van der Waals surface area contributed by atoms with E-state index in [0.29, 0.717) is 23.1 Å². The van der Waals surface area contributed by atoms with Crippen molar-refractivity contribution in [3.05, 3.63) is 59.1 Å². The van der Waals surface area contributed by atoms with Gasteiger partial charge in [-0.25, -0.2) is 4.99 Å². The maximum atomic E-state index is 11.7. The molecule has 2 aromatic rings. The van der Waals surface area contributed by atoms with Gasteiger partial charge in [-0.3, -0.25) is 4.79 Å². The standard InChI is InChI=1S/C18H19ClN2O4/c1-2-20-25-24-13-18(22)21-16-7-4-8-17(12-16)23-10-9-14-5-3-6-15(19)11-14/h2-8,11-12H,9-10,13H2,1H3,(H,21,22). The van der Waals surface area contributed by atoms with Crippen LogP contribution < -0.4 is 10.1 Å². The van der Waals surface area contributed by atoms with Crippen molar-refractivity contribution >= 4 is 29.4 Å². The highest BCUT2D eigenvalue weighted by molar-refractivity contribution is 6.30. The summed E-state index contributed by atoms with van der Waals surface area (Å²) in [7, 11) is 0. The summed E-state index contributed by atoms with van der Waals surface area (Å²) in [5.41, 5.74) is 1.71. The van der Waals surface area contributed by atoms with E-state index in [0.717, 1.165) is 12.0 Å². The first kappa shape index (κ1) is 18.8. The molecule has 0 aliphatic carbocycles. The van der Waals surface area contributed by atoms with Crippen molar-refractivity contribution in [1.82, 2.24) is 0 Å². The number of amides is 1. The highest BCUT2D eigenvalue weighted by atomic mass is 35.5. The molecule has 7 heteroatoms. The van der Waals surface area contributed by atoms with Crippen LogP contribution in [0.15, 0.2) is 53.7 Å². The molecule has 1 amide bonds. The summed E-state index contributed by atoms with van der Waals surface area (Å²) in [5, 5.41) is 6.76. The van der Waals surface area contributed by atoms with Crippen molar-refractivity contribution in [3.63, 3.8) is 0 Å². The number of anilines is 1. The molecule has 2 rings (SSSR count). The number of nitrogens with one attached hydrogen (secondary N) is 1. The predicted octanol–water partition coefficient (Wildman–Crippen LogP) is 3.85. The number of benzene rings is 2. The van der Waals surface area contributed by atoms with Gasteiger partial charge in [0.05, 0.1) is 6.61 Å². The topological polar surface area (TPSA) is 69.2 Å². The van der Waals surface area contributed by atoms with Crippen LogP contribution in [-0.4, -0.2) is 25.3 Å². The van der Waals surface area contributed by atoms with Crippen LogP contribution in [0.1, 0.15) is 12.5 Å². The molecule has 0 aromatic heterocycles. The van der Waals surface area contributed by atoms with Crippen molar-refractivity contribution in [2.75, 3.05) is 18.5 Å². The molecule has 0 unspecified atom stereocenters. The minimum absolute atomic E-state index is 0.267. The Bertz CT molecular complexity index is 722. The lowest BCUT2D eigenvalue weighted by molar-refractivity contribution is -0.289. The number of carbonyl (C=O) groups is 1. The van der Waals surface area contributed by atoms with Crippen LogP contribution in [0.25, 0.3) is 0 Å². The molecule has 0 spiro atoms. The summed E-state index contributed by atoms with van der Waals surface area (Å²) >= 11 is 5.96. The number of hydrogen-bond donors (Lipinski definition) is 1. The fourth-order valence-electron chi connectivity index (χ4n) is 1.99. The lowest BCUT2D eigenvalue weighted by Crippen LogP contribution is -2.17. The van der Waals surface area contributed by atoms with E-state index in [4.69, 9.17) is 16.3 Å². The zero-order valence-electron chi connectivity index (χ0n) is 13.8. The van der Waals surface area contributed by atoms with E-state index >= 15 is 0 Å². The molecule has 0 saturated heterocycles. The summed E-state index contributed by atoms with van der Waals surface area (Å²) in [6.07, 6.45) is 2.14. The van der Waals surface area contributed by atoms with Crippen LogP contribution >= 0.6 is 11.6 Å². The van der Waals surface area contributed by atoms with Gasteiger partial charge in [0, 0.05) is 29.4 Å². The number of oxime groups is 1. The van der Waals surface area contributed by atoms with Gasteiger partial charge >= 0.3 is 0 Å². The summed E-state index contributed by atoms with van der Waals surface area (Å²) in [6.45, 7) is 1.90. The minimum atomic E-state index is -0.359. The molecular weight excluding hydrogens is 344 g/mol. The molecular formula is C18H19ClN2O4. The van der Waals surface area contributed by atoms with E-state index in [1.54, 1.807) is 25.1 Å². The fraction of sp³-hybridized carbons (Fsp3) is 0.222. The molecule has 132 valence electrons. The largest absolute Gasteiger partial charge is 0.493 e. The predicted molar refractivity (Wildman–Crippen MR) is 96.9 cm³/mol. The maximum Gasteiger partial charge on any atom is 0.254 e. The Labute approximate surface area is 151 Å². The van der Waals surface area contributed by atoms with E-state index in [1.807, 2.05) is 30.3 Å². The third kappa shape index (κ3) is 7.24. The SMILES string of the molecule is CC=NOOCC(=O)Nc1cccc(OCCc2cccc(Cl)c2)c1. The average molecular weight is 363 g/mol. The lowest BCUT2D eigenvalue weighted by Gasteiger charge is -2.09. The molecule has 1 N–H and O–H groups in total. The second-order valence-corrected chi connectivity index (χ2v) is 5.44. The number of ether oxygens (including phenoxy) is 1. The zero-order valence-corrected chi connectivity index (χ0v) is 14.5. The van der Waals surface area contributed by atoms with Crippen LogP contribution in [0.4, 0.5) is 5.69 Å². The normalized spacial score (nSPS) is 10.6. The van der Waals surface area contributed by atoms with Gasteiger partial charge < -0.3 is 10.1 Å². The molecule has 6 nitrogen and oxygen atoms in total. The van der Waals surface area contributed by atoms with Crippen LogP contribution in [0.5, 0.6) is 5.75 Å². The first-order valence-electron chi connectivity index (χ1n) is 7.71. The van der Waals surface area contributed by atoms with Gasteiger partial charge in [0.25, 0.3) is 5.91 Å². The Morgan fingerprint density at radius 2 is 2.08 bits per heavy atom. The molecule has 0 bridgehead atoms. The van der Waals surface area contributed by atoms with E-state index in [2.05, 4.69) is 20.3 Å². The van der Waals surface area contributed by atoms with E-state index in [9.17, 15) is 4.79 Å². The highest BCUT2D eigenvalue weighted by Crippen LogP contribution is 2.18. The second-order valence-electron chi connectivity index (χ2n) is 5.00. The Morgan fingerprint density at radius 3 is 2.88 bits per heavy atom. The molecule has 0 fully saturated rings. The Morgan fingerprint density at radius 1 is 1.24 bits per heavy atom. The third-order valence-corrected chi connectivity index (χ3v) is 3.29. The highest BCUT2D eigenvalue weighted by Gasteiger charge is 2.05. The van der Waals surface area contributed by atoms with Crippen molar-refractivity contribution in [2.24, 2.45) is 5.16 Å². The maximum absolute atomic E-state index is 11.7. The molecule has 0 radical (unpaired) electrons. The van der Waals surface area contributed by atoms with E-state index in [-0.39, 0.29) is 12.5 Å². The molecule has 0 aliphatic rings. The molecule has 0 saturated carbocycles. The summed E-state index contributed by atoms with van der Waals surface area (Å²) in [6, 6.07) is 14.8. The number of nitrogens with zero attached hydrogens (tertiary/aromatic N) is 1. The average Bonchev–Trinajstić information content (AvgIpc) is 2.59. The summed E-state index contributed by atoms with van der Waals surface area (Å²) in [4.78, 5) is 20.7. The third-order valence-electron chi connectivity index (χ3n) is 3.06. The van der Waals surface area contributed by atoms with E-state index < -0.39 is 0 Å². The summed E-state index contributed by atoms with van der Waals surface area (Å²) in [5.74, 6) is 0.301. The fourth-order valence-corrected chi connectivity index (χ4v) is 2.21. The first-order valence-corrected chi connectivity index (χ1v) is 8.09. The molecule has 25 heavy (non-hydrogen) atoms. The van der Waals surface area contributed by atoms with Gasteiger partial charge in [-0.05, 0) is 36.8 Å². The van der Waals surface area contributed by atoms with Gasteiger partial charge in [0.1, 0.15) is 5.75 Å². The van der Waals surface area contributed by atoms with Crippen LogP contribution in [0.3, 0.4) is 0 Å². The van der Waals surface area contributed by atoms with Gasteiger partial charge in [0.15, 0.2) is 6.61 Å².